The van der Waals surface area contributed by atoms with Gasteiger partial charge in [0.15, 0.2) is 0 Å². The van der Waals surface area contributed by atoms with E-state index in [2.05, 4.69) is 10.1 Å². The van der Waals surface area contributed by atoms with Crippen LogP contribution in [0.1, 0.15) is 30.5 Å². The highest BCUT2D eigenvalue weighted by atomic mass is 19.3. The maximum Gasteiger partial charge on any atom is 0.387 e. The largest absolute Gasteiger partial charge is 0.435 e. The summed E-state index contributed by atoms with van der Waals surface area (Å²) in [4.78, 5) is 12.1. The fourth-order valence-electron chi connectivity index (χ4n) is 2.33. The molecule has 2 aromatic carbocycles. The maximum atomic E-state index is 12.1. The summed E-state index contributed by atoms with van der Waals surface area (Å²) in [5.74, 6) is -0.0686. The fourth-order valence-corrected chi connectivity index (χ4v) is 2.33. The predicted octanol–water partition coefficient (Wildman–Crippen LogP) is 4.07. The van der Waals surface area contributed by atoms with Crippen LogP contribution in [0.2, 0.25) is 0 Å². The lowest BCUT2D eigenvalue weighted by Gasteiger charge is -2.10. The van der Waals surface area contributed by atoms with Crippen molar-refractivity contribution in [1.82, 2.24) is 5.32 Å². The molecule has 0 aliphatic carbocycles. The fraction of sp³-hybridized carbons (Fsp3) is 0.350. The van der Waals surface area contributed by atoms with Crippen LogP contribution < -0.4 is 10.1 Å². The number of nitrogens with one attached hydrogen (secondary N) is 1. The molecule has 0 fully saturated rings. The summed E-state index contributed by atoms with van der Waals surface area (Å²) in [6.45, 7) is 2.06. The van der Waals surface area contributed by atoms with E-state index in [1.54, 1.807) is 12.1 Å². The van der Waals surface area contributed by atoms with Crippen molar-refractivity contribution in [3.05, 3.63) is 65.2 Å². The van der Waals surface area contributed by atoms with Crippen LogP contribution >= 0.6 is 0 Å². The molecule has 0 aliphatic rings. The number of benzene rings is 2. The van der Waals surface area contributed by atoms with Gasteiger partial charge in [0, 0.05) is 6.54 Å². The molecule has 2 aromatic rings. The van der Waals surface area contributed by atoms with Gasteiger partial charge >= 0.3 is 6.61 Å². The normalized spacial score (nSPS) is 11.0. The minimum absolute atomic E-state index is 0.0737. The third-order valence-electron chi connectivity index (χ3n) is 3.58. The van der Waals surface area contributed by atoms with Crippen LogP contribution in [0, 0.1) is 0 Å². The minimum Gasteiger partial charge on any atom is -0.435 e. The molecule has 0 saturated heterocycles. The Labute approximate surface area is 152 Å². The van der Waals surface area contributed by atoms with E-state index < -0.39 is 6.61 Å². The number of amides is 1. The number of ether oxygens (including phenoxy) is 2. The van der Waals surface area contributed by atoms with Crippen LogP contribution in [0.15, 0.2) is 48.5 Å². The highest BCUT2D eigenvalue weighted by Gasteiger charge is 2.07. The number of hydrogen-bond acceptors (Lipinski definition) is 3. The van der Waals surface area contributed by atoms with E-state index in [4.69, 9.17) is 4.74 Å². The van der Waals surface area contributed by atoms with Crippen molar-refractivity contribution in [2.45, 2.75) is 46.1 Å². The quantitative estimate of drug-likeness (QED) is 0.731. The summed E-state index contributed by atoms with van der Waals surface area (Å²) in [7, 11) is 0. The molecule has 0 atom stereocenters. The molecular weight excluding hydrogens is 340 g/mol. The maximum absolute atomic E-state index is 12.1. The van der Waals surface area contributed by atoms with E-state index in [0.717, 1.165) is 16.7 Å². The topological polar surface area (TPSA) is 47.6 Å². The van der Waals surface area contributed by atoms with Gasteiger partial charge in [0.05, 0.1) is 19.1 Å². The number of halogens is 2. The van der Waals surface area contributed by atoms with Crippen molar-refractivity contribution in [2.24, 2.45) is 0 Å². The Hall–Kier alpha value is -2.47. The van der Waals surface area contributed by atoms with E-state index in [-0.39, 0.29) is 24.2 Å². The highest BCUT2D eigenvalue weighted by Crippen LogP contribution is 2.15. The molecule has 2 rings (SSSR count). The molecule has 140 valence electrons. The van der Waals surface area contributed by atoms with E-state index in [1.807, 2.05) is 38.1 Å². The third kappa shape index (κ3) is 7.19. The molecule has 0 unspecified atom stereocenters. The molecule has 0 heterocycles. The summed E-state index contributed by atoms with van der Waals surface area (Å²) < 4.78 is 34.1. The molecular formula is C20H23F2NO3. The zero-order chi connectivity index (χ0) is 18.9. The molecule has 0 radical (unpaired) electrons. The Balaban J connectivity index is 1.82. The van der Waals surface area contributed by atoms with Crippen molar-refractivity contribution < 1.29 is 23.0 Å². The Kier molecular flexibility index (Phi) is 7.53. The number of hydrogen-bond donors (Lipinski definition) is 1. The summed E-state index contributed by atoms with van der Waals surface area (Å²) in [6.07, 6.45) is 0.335. The van der Waals surface area contributed by atoms with Crippen molar-refractivity contribution in [2.75, 3.05) is 0 Å². The van der Waals surface area contributed by atoms with Gasteiger partial charge in [-0.1, -0.05) is 36.4 Å². The molecule has 4 nitrogen and oxygen atoms in total. The summed E-state index contributed by atoms with van der Waals surface area (Å²) >= 11 is 0. The standard InChI is InChI=1S/C20H23F2NO3/c1-14(2)25-13-17-5-3-4-16(10-17)12-23-19(24)11-15-6-8-18(9-7-15)26-20(21)22/h3-10,14,20H,11-13H2,1-2H3,(H,23,24). The lowest BCUT2D eigenvalue weighted by atomic mass is 10.1. The zero-order valence-corrected chi connectivity index (χ0v) is 14.9. The van der Waals surface area contributed by atoms with Gasteiger partial charge in [-0.05, 0) is 42.7 Å². The first-order valence-corrected chi connectivity index (χ1v) is 8.42. The average Bonchev–Trinajstić information content (AvgIpc) is 2.60. The van der Waals surface area contributed by atoms with Crippen LogP contribution in [-0.4, -0.2) is 18.6 Å². The average molecular weight is 363 g/mol. The number of rotatable bonds is 9. The van der Waals surface area contributed by atoms with Crippen LogP contribution in [0.4, 0.5) is 8.78 Å². The Bertz CT molecular complexity index is 702. The second-order valence-electron chi connectivity index (χ2n) is 6.16. The molecule has 0 spiro atoms. The van der Waals surface area contributed by atoms with Gasteiger partial charge in [0.25, 0.3) is 0 Å². The Morgan fingerprint density at radius 1 is 1.04 bits per heavy atom. The second kappa shape index (κ2) is 9.87. The van der Waals surface area contributed by atoms with Gasteiger partial charge in [-0.3, -0.25) is 4.79 Å². The first kappa shape index (κ1) is 19.8. The highest BCUT2D eigenvalue weighted by molar-refractivity contribution is 5.78. The molecule has 26 heavy (non-hydrogen) atoms. The van der Waals surface area contributed by atoms with Crippen molar-refractivity contribution in [1.29, 1.82) is 0 Å². The van der Waals surface area contributed by atoms with Crippen LogP contribution in [0.5, 0.6) is 5.75 Å². The first-order chi connectivity index (χ1) is 12.4. The monoisotopic (exact) mass is 363 g/mol. The summed E-state index contributed by atoms with van der Waals surface area (Å²) in [5, 5.41) is 2.86. The van der Waals surface area contributed by atoms with Gasteiger partial charge in [-0.15, -0.1) is 0 Å². The predicted molar refractivity (Wildman–Crippen MR) is 95.0 cm³/mol. The lowest BCUT2D eigenvalue weighted by Crippen LogP contribution is -2.24. The summed E-state index contributed by atoms with van der Waals surface area (Å²) in [5.41, 5.74) is 2.77. The van der Waals surface area contributed by atoms with Gasteiger partial charge in [0.2, 0.25) is 5.91 Å². The number of carbonyl (C=O) groups excluding carboxylic acids is 1. The van der Waals surface area contributed by atoms with Crippen LogP contribution in [0.25, 0.3) is 0 Å². The molecule has 0 aromatic heterocycles. The first-order valence-electron chi connectivity index (χ1n) is 8.42. The third-order valence-corrected chi connectivity index (χ3v) is 3.58. The van der Waals surface area contributed by atoms with Crippen LogP contribution in [0.3, 0.4) is 0 Å². The molecule has 6 heteroatoms. The van der Waals surface area contributed by atoms with Crippen molar-refractivity contribution >= 4 is 5.91 Å². The van der Waals surface area contributed by atoms with Gasteiger partial charge in [-0.2, -0.15) is 8.78 Å². The smallest absolute Gasteiger partial charge is 0.387 e. The summed E-state index contributed by atoms with van der Waals surface area (Å²) in [6, 6.07) is 13.9. The minimum atomic E-state index is -2.86. The van der Waals surface area contributed by atoms with Gasteiger partial charge < -0.3 is 14.8 Å². The van der Waals surface area contributed by atoms with Crippen molar-refractivity contribution in [3.8, 4) is 5.75 Å². The zero-order valence-electron chi connectivity index (χ0n) is 14.9. The Morgan fingerprint density at radius 2 is 1.73 bits per heavy atom. The van der Waals surface area contributed by atoms with Gasteiger partial charge in [0.1, 0.15) is 5.75 Å². The van der Waals surface area contributed by atoms with E-state index in [9.17, 15) is 13.6 Å². The lowest BCUT2D eigenvalue weighted by molar-refractivity contribution is -0.120. The number of carbonyl (C=O) groups is 1. The molecule has 0 bridgehead atoms. The molecule has 1 amide bonds. The van der Waals surface area contributed by atoms with Crippen molar-refractivity contribution in [3.63, 3.8) is 0 Å². The van der Waals surface area contributed by atoms with E-state index >= 15 is 0 Å². The Morgan fingerprint density at radius 3 is 2.38 bits per heavy atom. The molecule has 1 N–H and O–H groups in total. The SMILES string of the molecule is CC(C)OCc1cccc(CNC(=O)Cc2ccc(OC(F)F)cc2)c1. The number of alkyl halides is 2. The van der Waals surface area contributed by atoms with Crippen LogP contribution in [-0.2, 0) is 29.1 Å². The van der Waals surface area contributed by atoms with Gasteiger partial charge in [-0.25, -0.2) is 0 Å². The van der Waals surface area contributed by atoms with E-state index in [1.165, 1.54) is 12.1 Å². The van der Waals surface area contributed by atoms with E-state index in [0.29, 0.717) is 13.2 Å². The molecule has 0 aliphatic heterocycles. The molecule has 0 saturated carbocycles. The second-order valence-corrected chi connectivity index (χ2v) is 6.16.